The number of aryl methyl sites for hydroxylation is 1. The van der Waals surface area contributed by atoms with Crippen molar-refractivity contribution in [1.29, 1.82) is 0 Å². The van der Waals surface area contributed by atoms with Crippen LogP contribution < -0.4 is 10.6 Å². The number of nitrogens with one attached hydrogen (secondary N) is 2. The van der Waals surface area contributed by atoms with E-state index in [-0.39, 0.29) is 17.3 Å². The molecule has 2 rings (SSSR count). The molecule has 0 amide bonds. The molecule has 6 heteroatoms. The van der Waals surface area contributed by atoms with Gasteiger partial charge in [-0.05, 0) is 38.0 Å². The van der Waals surface area contributed by atoms with E-state index in [9.17, 15) is 4.39 Å². The molecule has 0 spiro atoms. The molecule has 142 valence electrons. The molecule has 0 bridgehead atoms. The molecule has 5 nitrogen and oxygen atoms in total. The summed E-state index contributed by atoms with van der Waals surface area (Å²) in [6.45, 7) is 13.0. The molecule has 0 aliphatic carbocycles. The second-order valence-electron chi connectivity index (χ2n) is 7.44. The predicted molar refractivity (Wildman–Crippen MR) is 103 cm³/mol. The lowest BCUT2D eigenvalue weighted by Crippen LogP contribution is -2.38. The summed E-state index contributed by atoms with van der Waals surface area (Å²) in [6, 6.07) is 5.18. The molecule has 1 unspecified atom stereocenters. The molecule has 2 N–H and O–H groups in total. The van der Waals surface area contributed by atoms with Gasteiger partial charge < -0.3 is 15.1 Å². The van der Waals surface area contributed by atoms with E-state index in [0.717, 1.165) is 17.9 Å². The van der Waals surface area contributed by atoms with Gasteiger partial charge in [0.05, 0.1) is 12.2 Å². The zero-order valence-corrected chi connectivity index (χ0v) is 16.5. The van der Waals surface area contributed by atoms with Crippen LogP contribution in [0.25, 0.3) is 0 Å². The first-order valence-corrected chi connectivity index (χ1v) is 8.96. The van der Waals surface area contributed by atoms with Crippen LogP contribution in [0.5, 0.6) is 0 Å². The molecule has 0 aliphatic heterocycles. The summed E-state index contributed by atoms with van der Waals surface area (Å²) in [5.74, 6) is 1.84. The van der Waals surface area contributed by atoms with Crippen LogP contribution in [0.2, 0.25) is 0 Å². The summed E-state index contributed by atoms with van der Waals surface area (Å²) < 4.78 is 19.6. The van der Waals surface area contributed by atoms with Gasteiger partial charge in [-0.25, -0.2) is 14.4 Å². The fourth-order valence-electron chi connectivity index (χ4n) is 2.36. The van der Waals surface area contributed by atoms with Gasteiger partial charge in [-0.15, -0.1) is 0 Å². The Morgan fingerprint density at radius 1 is 1.35 bits per heavy atom. The molecule has 0 saturated carbocycles. The molecule has 1 heterocycles. The highest BCUT2D eigenvalue weighted by Crippen LogP contribution is 2.23. The van der Waals surface area contributed by atoms with Crippen molar-refractivity contribution in [3.8, 4) is 0 Å². The van der Waals surface area contributed by atoms with Crippen LogP contribution in [0.15, 0.2) is 33.8 Å². The van der Waals surface area contributed by atoms with Crippen molar-refractivity contribution < 1.29 is 8.81 Å². The topological polar surface area (TPSA) is 62.5 Å². The van der Waals surface area contributed by atoms with E-state index >= 15 is 0 Å². The summed E-state index contributed by atoms with van der Waals surface area (Å²) in [5, 5.41) is 6.48. The van der Waals surface area contributed by atoms with E-state index in [1.807, 2.05) is 19.9 Å². The van der Waals surface area contributed by atoms with Gasteiger partial charge in [0, 0.05) is 12.0 Å². The number of benzene rings is 1. The van der Waals surface area contributed by atoms with E-state index in [1.165, 1.54) is 0 Å². The number of oxazole rings is 1. The number of hydrogen-bond acceptors (Lipinski definition) is 3. The summed E-state index contributed by atoms with van der Waals surface area (Å²) >= 11 is 0. The molecule has 26 heavy (non-hydrogen) atoms. The average molecular weight is 360 g/mol. The number of guanidine groups is 1. The zero-order chi connectivity index (χ0) is 19.3. The van der Waals surface area contributed by atoms with Crippen molar-refractivity contribution >= 4 is 5.96 Å². The lowest BCUT2D eigenvalue weighted by molar-refractivity contribution is 0.383. The molecule has 0 aliphatic rings. The molecule has 0 saturated heterocycles. The molecule has 1 aromatic carbocycles. The molecular weight excluding hydrogens is 331 g/mol. The number of halogens is 1. The maximum atomic E-state index is 13.8. The predicted octanol–water partition coefficient (Wildman–Crippen LogP) is 4.24. The quantitative estimate of drug-likeness (QED) is 0.618. The van der Waals surface area contributed by atoms with Gasteiger partial charge >= 0.3 is 0 Å². The van der Waals surface area contributed by atoms with Crippen LogP contribution in [0.1, 0.15) is 63.4 Å². The standard InChI is InChI=1S/C20H29FN4O/c1-7-22-19(24-12-18-23-11-17(26-18)20(4,5)6)25-14(3)15-9-8-13(2)16(21)10-15/h8-11,14H,7,12H2,1-6H3,(H2,22,24,25). The van der Waals surface area contributed by atoms with Crippen molar-refractivity contribution in [2.24, 2.45) is 4.99 Å². The van der Waals surface area contributed by atoms with Gasteiger partial charge in [0.2, 0.25) is 5.89 Å². The molecule has 1 atom stereocenters. The highest BCUT2D eigenvalue weighted by molar-refractivity contribution is 5.80. The van der Waals surface area contributed by atoms with Crippen molar-refractivity contribution in [2.45, 2.75) is 59.5 Å². The highest BCUT2D eigenvalue weighted by atomic mass is 19.1. The monoisotopic (exact) mass is 360 g/mol. The SMILES string of the molecule is CCNC(=NCc1ncc(C(C)(C)C)o1)NC(C)c1ccc(C)c(F)c1. The summed E-state index contributed by atoms with van der Waals surface area (Å²) in [4.78, 5) is 8.82. The first-order valence-electron chi connectivity index (χ1n) is 8.96. The zero-order valence-electron chi connectivity index (χ0n) is 16.5. The van der Waals surface area contributed by atoms with Crippen molar-refractivity contribution in [2.75, 3.05) is 6.54 Å². The van der Waals surface area contributed by atoms with Gasteiger partial charge in [-0.2, -0.15) is 0 Å². The Bertz CT molecular complexity index is 761. The first kappa shape index (κ1) is 19.9. The Morgan fingerprint density at radius 3 is 2.65 bits per heavy atom. The minimum absolute atomic E-state index is 0.0816. The van der Waals surface area contributed by atoms with Gasteiger partial charge in [0.25, 0.3) is 0 Å². The molecule has 0 radical (unpaired) electrons. The summed E-state index contributed by atoms with van der Waals surface area (Å²) in [6.07, 6.45) is 1.75. The number of nitrogens with zero attached hydrogens (tertiary/aromatic N) is 2. The Hall–Kier alpha value is -2.37. The third-order valence-corrected chi connectivity index (χ3v) is 4.06. The minimum atomic E-state index is -0.201. The van der Waals surface area contributed by atoms with Crippen LogP contribution in [0, 0.1) is 12.7 Å². The van der Waals surface area contributed by atoms with E-state index < -0.39 is 0 Å². The van der Waals surface area contributed by atoms with Crippen LogP contribution in [0.4, 0.5) is 4.39 Å². The largest absolute Gasteiger partial charge is 0.443 e. The van der Waals surface area contributed by atoms with Gasteiger partial charge in [-0.1, -0.05) is 32.9 Å². The first-order chi connectivity index (χ1) is 12.2. The highest BCUT2D eigenvalue weighted by Gasteiger charge is 2.19. The fraction of sp³-hybridized carbons (Fsp3) is 0.500. The van der Waals surface area contributed by atoms with Crippen molar-refractivity contribution in [3.63, 3.8) is 0 Å². The van der Waals surface area contributed by atoms with Crippen molar-refractivity contribution in [3.05, 3.63) is 53.0 Å². The maximum absolute atomic E-state index is 13.8. The molecule has 2 aromatic rings. The lowest BCUT2D eigenvalue weighted by Gasteiger charge is -2.18. The maximum Gasteiger partial charge on any atom is 0.216 e. The summed E-state index contributed by atoms with van der Waals surface area (Å²) in [7, 11) is 0. The minimum Gasteiger partial charge on any atom is -0.443 e. The van der Waals surface area contributed by atoms with Crippen LogP contribution in [-0.4, -0.2) is 17.5 Å². The number of hydrogen-bond donors (Lipinski definition) is 2. The van der Waals surface area contributed by atoms with E-state index in [2.05, 4.69) is 41.4 Å². The molecular formula is C20H29FN4O. The Morgan fingerprint density at radius 2 is 2.08 bits per heavy atom. The van der Waals surface area contributed by atoms with Gasteiger partial charge in [0.1, 0.15) is 18.1 Å². The van der Waals surface area contributed by atoms with E-state index in [1.54, 1.807) is 25.3 Å². The van der Waals surface area contributed by atoms with Crippen LogP contribution in [0.3, 0.4) is 0 Å². The Kier molecular flexibility index (Phi) is 6.40. The Labute approximate surface area is 155 Å². The molecule has 1 aromatic heterocycles. The summed E-state index contributed by atoms with van der Waals surface area (Å²) in [5.41, 5.74) is 1.42. The fourth-order valence-corrected chi connectivity index (χ4v) is 2.36. The average Bonchev–Trinajstić information content (AvgIpc) is 3.04. The van der Waals surface area contributed by atoms with Gasteiger partial charge in [0.15, 0.2) is 5.96 Å². The Balaban J connectivity index is 2.08. The van der Waals surface area contributed by atoms with Gasteiger partial charge in [-0.3, -0.25) is 0 Å². The van der Waals surface area contributed by atoms with E-state index in [4.69, 9.17) is 4.42 Å². The second-order valence-corrected chi connectivity index (χ2v) is 7.44. The smallest absolute Gasteiger partial charge is 0.216 e. The van der Waals surface area contributed by atoms with E-state index in [0.29, 0.717) is 24.0 Å². The number of rotatable bonds is 5. The lowest BCUT2D eigenvalue weighted by atomic mass is 9.94. The third-order valence-electron chi connectivity index (χ3n) is 4.06. The number of aromatic nitrogens is 1. The van der Waals surface area contributed by atoms with Crippen molar-refractivity contribution in [1.82, 2.24) is 15.6 Å². The van der Waals surface area contributed by atoms with Crippen LogP contribution >= 0.6 is 0 Å². The number of aliphatic imine (C=N–C) groups is 1. The van der Waals surface area contributed by atoms with Crippen LogP contribution in [-0.2, 0) is 12.0 Å². The second kappa shape index (κ2) is 8.34. The third kappa shape index (κ3) is 5.31. The normalized spacial score (nSPS) is 13.6. The molecule has 0 fully saturated rings.